The molecule has 1 fully saturated rings. The van der Waals surface area contributed by atoms with Crippen molar-refractivity contribution in [2.45, 2.75) is 33.2 Å². The van der Waals surface area contributed by atoms with Gasteiger partial charge in [0.05, 0.1) is 19.8 Å². The van der Waals surface area contributed by atoms with Gasteiger partial charge in [-0.2, -0.15) is 0 Å². The molecule has 0 bridgehead atoms. The number of rotatable bonds is 10. The van der Waals surface area contributed by atoms with Crippen molar-refractivity contribution in [3.8, 4) is 11.5 Å². The van der Waals surface area contributed by atoms with Gasteiger partial charge < -0.3 is 24.8 Å². The predicted octanol–water partition coefficient (Wildman–Crippen LogP) is 3.72. The number of aryl methyl sites for hydroxylation is 1. The van der Waals surface area contributed by atoms with Crippen LogP contribution in [-0.4, -0.2) is 46.0 Å². The number of nitrogens with zero attached hydrogens (tertiary/aromatic N) is 1. The number of ether oxygens (including phenoxy) is 3. The molecule has 2 aromatic rings. The van der Waals surface area contributed by atoms with Crippen molar-refractivity contribution in [2.75, 3.05) is 40.0 Å². The van der Waals surface area contributed by atoms with E-state index in [-0.39, 0.29) is 0 Å². The number of para-hydroxylation sites is 1. The number of guanidine groups is 1. The van der Waals surface area contributed by atoms with E-state index >= 15 is 0 Å². The number of aliphatic imine (C=N–C) groups is 1. The molecule has 0 amide bonds. The minimum absolute atomic E-state index is 0.482. The molecule has 1 aliphatic heterocycles. The Morgan fingerprint density at radius 2 is 1.97 bits per heavy atom. The highest BCUT2D eigenvalue weighted by atomic mass is 16.5. The molecule has 0 saturated carbocycles. The van der Waals surface area contributed by atoms with Crippen LogP contribution in [0.25, 0.3) is 0 Å². The van der Waals surface area contributed by atoms with Crippen molar-refractivity contribution >= 4 is 5.96 Å². The van der Waals surface area contributed by atoms with E-state index < -0.39 is 0 Å². The Labute approximate surface area is 186 Å². The Morgan fingerprint density at radius 1 is 1.10 bits per heavy atom. The van der Waals surface area contributed by atoms with Crippen LogP contribution in [-0.2, 0) is 17.7 Å². The summed E-state index contributed by atoms with van der Waals surface area (Å²) in [6.45, 7) is 8.50. The first-order valence-electron chi connectivity index (χ1n) is 11.1. The largest absolute Gasteiger partial charge is 0.494 e. The Balaban J connectivity index is 1.51. The summed E-state index contributed by atoms with van der Waals surface area (Å²) in [7, 11) is 1.79. The predicted molar refractivity (Wildman–Crippen MR) is 125 cm³/mol. The van der Waals surface area contributed by atoms with Gasteiger partial charge >= 0.3 is 0 Å². The topological polar surface area (TPSA) is 64.1 Å². The summed E-state index contributed by atoms with van der Waals surface area (Å²) < 4.78 is 17.3. The maximum atomic E-state index is 6.15. The van der Waals surface area contributed by atoms with Crippen molar-refractivity contribution in [2.24, 2.45) is 10.9 Å². The zero-order chi connectivity index (χ0) is 21.9. The zero-order valence-electron chi connectivity index (χ0n) is 18.9. The number of hydrogen-bond acceptors (Lipinski definition) is 4. The van der Waals surface area contributed by atoms with Crippen LogP contribution in [0.2, 0.25) is 0 Å². The minimum atomic E-state index is 0.482. The van der Waals surface area contributed by atoms with Crippen LogP contribution in [0.3, 0.4) is 0 Å². The van der Waals surface area contributed by atoms with E-state index in [0.717, 1.165) is 55.6 Å². The van der Waals surface area contributed by atoms with Crippen LogP contribution in [0, 0.1) is 12.8 Å². The normalized spacial score (nSPS) is 16.2. The number of nitrogens with one attached hydrogen (secondary N) is 2. The average Bonchev–Trinajstić information content (AvgIpc) is 3.30. The van der Waals surface area contributed by atoms with Crippen molar-refractivity contribution < 1.29 is 14.2 Å². The van der Waals surface area contributed by atoms with Gasteiger partial charge in [-0.1, -0.05) is 30.3 Å². The van der Waals surface area contributed by atoms with Gasteiger partial charge in [-0.3, -0.25) is 4.99 Å². The highest BCUT2D eigenvalue weighted by Crippen LogP contribution is 2.23. The van der Waals surface area contributed by atoms with E-state index in [9.17, 15) is 0 Å². The van der Waals surface area contributed by atoms with Crippen molar-refractivity contribution in [3.05, 3.63) is 59.2 Å². The third-order valence-electron chi connectivity index (χ3n) is 5.35. The third kappa shape index (κ3) is 7.17. The van der Waals surface area contributed by atoms with Crippen molar-refractivity contribution in [3.63, 3.8) is 0 Å². The summed E-state index contributed by atoms with van der Waals surface area (Å²) in [5, 5.41) is 6.79. The first kappa shape index (κ1) is 22.9. The summed E-state index contributed by atoms with van der Waals surface area (Å²) >= 11 is 0. The van der Waals surface area contributed by atoms with E-state index in [1.807, 2.05) is 25.1 Å². The second kappa shape index (κ2) is 12.2. The summed E-state index contributed by atoms with van der Waals surface area (Å²) in [5.74, 6) is 3.13. The molecule has 0 spiro atoms. The summed E-state index contributed by atoms with van der Waals surface area (Å²) in [5.41, 5.74) is 3.50. The van der Waals surface area contributed by atoms with Gasteiger partial charge in [-0.15, -0.1) is 0 Å². The molecule has 3 rings (SSSR count). The van der Waals surface area contributed by atoms with Crippen LogP contribution < -0.4 is 20.1 Å². The van der Waals surface area contributed by atoms with Crippen LogP contribution >= 0.6 is 0 Å². The number of hydrogen-bond donors (Lipinski definition) is 2. The molecule has 168 valence electrons. The molecule has 2 aromatic carbocycles. The molecule has 6 nitrogen and oxygen atoms in total. The van der Waals surface area contributed by atoms with E-state index in [2.05, 4.69) is 46.8 Å². The fraction of sp³-hybridized carbons (Fsp3) is 0.480. The molecule has 1 aliphatic rings. The lowest BCUT2D eigenvalue weighted by atomic mass is 10.1. The minimum Gasteiger partial charge on any atom is -0.494 e. The quantitative estimate of drug-likeness (QED) is 0.449. The van der Waals surface area contributed by atoms with Gasteiger partial charge in [0, 0.05) is 38.2 Å². The summed E-state index contributed by atoms with van der Waals surface area (Å²) in [6.07, 6.45) is 1.93. The molecule has 0 radical (unpaired) electrons. The van der Waals surface area contributed by atoms with E-state index in [0.29, 0.717) is 25.7 Å². The molecule has 2 N–H and O–H groups in total. The van der Waals surface area contributed by atoms with Crippen molar-refractivity contribution in [1.82, 2.24) is 10.6 Å². The second-order valence-electron chi connectivity index (χ2n) is 7.80. The number of benzene rings is 2. The van der Waals surface area contributed by atoms with E-state index in [4.69, 9.17) is 14.2 Å². The Morgan fingerprint density at radius 3 is 2.74 bits per heavy atom. The molecule has 31 heavy (non-hydrogen) atoms. The van der Waals surface area contributed by atoms with Gasteiger partial charge in [-0.25, -0.2) is 0 Å². The zero-order valence-corrected chi connectivity index (χ0v) is 18.9. The maximum absolute atomic E-state index is 6.15. The summed E-state index contributed by atoms with van der Waals surface area (Å²) in [4.78, 5) is 4.36. The van der Waals surface area contributed by atoms with Gasteiger partial charge in [0.25, 0.3) is 0 Å². The van der Waals surface area contributed by atoms with Crippen LogP contribution in [0.5, 0.6) is 11.5 Å². The standard InChI is InChI=1S/C25H35N3O3/c1-4-30-23-8-6-5-7-21(23)11-13-27-25(26-3)28-16-22-10-9-19(2)15-24(22)31-18-20-12-14-29-17-20/h5-10,15,20H,4,11-14,16-18H2,1-3H3,(H2,26,27,28). The Bertz CT molecular complexity index is 848. The smallest absolute Gasteiger partial charge is 0.191 e. The van der Waals surface area contributed by atoms with Crippen LogP contribution in [0.15, 0.2) is 47.5 Å². The second-order valence-corrected chi connectivity index (χ2v) is 7.80. The Kier molecular flexibility index (Phi) is 9.03. The monoisotopic (exact) mass is 425 g/mol. The molecule has 1 saturated heterocycles. The van der Waals surface area contributed by atoms with Crippen molar-refractivity contribution in [1.29, 1.82) is 0 Å². The highest BCUT2D eigenvalue weighted by Gasteiger charge is 2.17. The third-order valence-corrected chi connectivity index (χ3v) is 5.35. The fourth-order valence-electron chi connectivity index (χ4n) is 3.59. The first-order chi connectivity index (χ1) is 15.2. The lowest BCUT2D eigenvalue weighted by molar-refractivity contribution is 0.166. The Hall–Kier alpha value is -2.73. The molecule has 1 heterocycles. The molecule has 1 atom stereocenters. The first-order valence-corrected chi connectivity index (χ1v) is 11.1. The lowest BCUT2D eigenvalue weighted by Gasteiger charge is -2.17. The van der Waals surface area contributed by atoms with E-state index in [1.54, 1.807) is 7.05 Å². The van der Waals surface area contributed by atoms with Gasteiger partial charge in [-0.05, 0) is 49.9 Å². The SMILES string of the molecule is CCOc1ccccc1CCNC(=NC)NCc1ccc(C)cc1OCC1CCOC1. The van der Waals surface area contributed by atoms with Crippen LogP contribution in [0.1, 0.15) is 30.0 Å². The maximum Gasteiger partial charge on any atom is 0.191 e. The summed E-state index contributed by atoms with van der Waals surface area (Å²) in [6, 6.07) is 14.5. The average molecular weight is 426 g/mol. The van der Waals surface area contributed by atoms with E-state index in [1.165, 1.54) is 11.1 Å². The molecular weight excluding hydrogens is 390 g/mol. The molecule has 1 unspecified atom stereocenters. The fourth-order valence-corrected chi connectivity index (χ4v) is 3.59. The molecule has 0 aromatic heterocycles. The van der Waals surface area contributed by atoms with Gasteiger partial charge in [0.15, 0.2) is 5.96 Å². The highest BCUT2D eigenvalue weighted by molar-refractivity contribution is 5.79. The molecule has 0 aliphatic carbocycles. The lowest BCUT2D eigenvalue weighted by Crippen LogP contribution is -2.38. The van der Waals surface area contributed by atoms with Gasteiger partial charge in [0.1, 0.15) is 11.5 Å². The molecular formula is C25H35N3O3. The molecule has 6 heteroatoms. The van der Waals surface area contributed by atoms with Gasteiger partial charge in [0.2, 0.25) is 0 Å². The van der Waals surface area contributed by atoms with Crippen LogP contribution in [0.4, 0.5) is 0 Å².